The third-order valence-corrected chi connectivity index (χ3v) is 2.91. The monoisotopic (exact) mass is 298 g/mol. The topological polar surface area (TPSA) is 38.9 Å². The first kappa shape index (κ1) is 9.86. The quantitative estimate of drug-likeness (QED) is 0.822. The highest BCUT2D eigenvalue weighted by molar-refractivity contribution is 14.1. The molecule has 0 atom stereocenters. The highest BCUT2D eigenvalue weighted by Gasteiger charge is 2.01. The van der Waals surface area contributed by atoms with Gasteiger partial charge in [-0.05, 0) is 59.3 Å². The van der Waals surface area contributed by atoms with E-state index in [1.54, 1.807) is 0 Å². The van der Waals surface area contributed by atoms with Gasteiger partial charge in [0.1, 0.15) is 0 Å². The van der Waals surface area contributed by atoms with E-state index in [1.165, 1.54) is 14.5 Å². The van der Waals surface area contributed by atoms with Crippen LogP contribution in [0.15, 0.2) is 24.3 Å². The fraction of sp³-hybridized carbons (Fsp3) is 0.182. The number of hydrogen-bond donors (Lipinski definition) is 1. The molecule has 0 saturated carbocycles. The van der Waals surface area contributed by atoms with Crippen LogP contribution in [0.25, 0.3) is 10.9 Å². The Hall–Kier alpha value is -0.680. The normalized spacial score (nSPS) is 10.8. The van der Waals surface area contributed by atoms with E-state index in [2.05, 4.69) is 52.7 Å². The lowest BCUT2D eigenvalue weighted by atomic mass is 10.1. The van der Waals surface area contributed by atoms with Crippen LogP contribution in [-0.2, 0) is 6.54 Å². The highest BCUT2D eigenvalue weighted by atomic mass is 127. The lowest BCUT2D eigenvalue weighted by Crippen LogP contribution is -2.00. The molecule has 1 aromatic heterocycles. The summed E-state index contributed by atoms with van der Waals surface area (Å²) in [6.45, 7) is 2.60. The summed E-state index contributed by atoms with van der Waals surface area (Å²) in [4.78, 5) is 4.47. The third kappa shape index (κ3) is 1.74. The van der Waals surface area contributed by atoms with Crippen LogP contribution in [-0.4, -0.2) is 4.98 Å². The van der Waals surface area contributed by atoms with Gasteiger partial charge in [-0.25, -0.2) is 0 Å². The van der Waals surface area contributed by atoms with Crippen LogP contribution in [0.1, 0.15) is 11.3 Å². The standard InChI is InChI=1S/C11H11IN2/c1-7-4-9(6-13)14-11-3-2-8(12)5-10(7)11/h2-5H,6,13H2,1H3. The lowest BCUT2D eigenvalue weighted by Gasteiger charge is -2.05. The van der Waals surface area contributed by atoms with Gasteiger partial charge in [-0.3, -0.25) is 4.98 Å². The van der Waals surface area contributed by atoms with Crippen LogP contribution in [0.5, 0.6) is 0 Å². The maximum atomic E-state index is 5.58. The average Bonchev–Trinajstić information content (AvgIpc) is 2.19. The molecule has 0 aliphatic carbocycles. The second kappa shape index (κ2) is 3.82. The van der Waals surface area contributed by atoms with Crippen molar-refractivity contribution in [3.05, 3.63) is 39.1 Å². The SMILES string of the molecule is Cc1cc(CN)nc2ccc(I)cc12. The number of pyridine rings is 1. The van der Waals surface area contributed by atoms with E-state index in [-0.39, 0.29) is 0 Å². The predicted octanol–water partition coefficient (Wildman–Crippen LogP) is 2.61. The van der Waals surface area contributed by atoms with Gasteiger partial charge in [0.15, 0.2) is 0 Å². The summed E-state index contributed by atoms with van der Waals surface area (Å²) >= 11 is 2.31. The Kier molecular flexibility index (Phi) is 2.69. The number of nitrogens with two attached hydrogens (primary N) is 1. The Bertz CT molecular complexity index is 480. The summed E-state index contributed by atoms with van der Waals surface area (Å²) in [7, 11) is 0. The Morgan fingerprint density at radius 3 is 2.86 bits per heavy atom. The molecule has 0 fully saturated rings. The van der Waals surface area contributed by atoms with E-state index in [0.29, 0.717) is 6.54 Å². The molecule has 0 aliphatic rings. The summed E-state index contributed by atoms with van der Waals surface area (Å²) in [5.41, 5.74) is 8.81. The van der Waals surface area contributed by atoms with Crippen molar-refractivity contribution >= 4 is 33.5 Å². The van der Waals surface area contributed by atoms with Crippen LogP contribution in [0.4, 0.5) is 0 Å². The number of hydrogen-bond acceptors (Lipinski definition) is 2. The summed E-state index contributed by atoms with van der Waals surface area (Å²) in [6.07, 6.45) is 0. The first-order valence-electron chi connectivity index (χ1n) is 4.46. The van der Waals surface area contributed by atoms with Crippen molar-refractivity contribution in [2.45, 2.75) is 13.5 Å². The molecule has 2 N–H and O–H groups in total. The van der Waals surface area contributed by atoms with Gasteiger partial charge in [0.05, 0.1) is 11.2 Å². The van der Waals surface area contributed by atoms with Crippen molar-refractivity contribution in [1.29, 1.82) is 0 Å². The zero-order valence-electron chi connectivity index (χ0n) is 7.92. The first-order valence-corrected chi connectivity index (χ1v) is 5.54. The number of nitrogens with zero attached hydrogens (tertiary/aromatic N) is 1. The number of rotatable bonds is 1. The van der Waals surface area contributed by atoms with Gasteiger partial charge < -0.3 is 5.73 Å². The molecule has 0 amide bonds. The number of aromatic nitrogens is 1. The molecule has 72 valence electrons. The number of fused-ring (bicyclic) bond motifs is 1. The number of benzene rings is 1. The zero-order valence-corrected chi connectivity index (χ0v) is 10.1. The minimum absolute atomic E-state index is 0.503. The predicted molar refractivity (Wildman–Crippen MR) is 67.1 cm³/mol. The van der Waals surface area contributed by atoms with Crippen molar-refractivity contribution < 1.29 is 0 Å². The van der Waals surface area contributed by atoms with Crippen molar-refractivity contribution in [3.8, 4) is 0 Å². The van der Waals surface area contributed by atoms with Gasteiger partial charge in [0.25, 0.3) is 0 Å². The fourth-order valence-electron chi connectivity index (χ4n) is 1.54. The summed E-state index contributed by atoms with van der Waals surface area (Å²) in [6, 6.07) is 8.32. The molecule has 1 heterocycles. The van der Waals surface area contributed by atoms with E-state index in [1.807, 2.05) is 6.07 Å². The second-order valence-electron chi connectivity index (χ2n) is 3.30. The fourth-order valence-corrected chi connectivity index (χ4v) is 2.03. The van der Waals surface area contributed by atoms with Gasteiger partial charge in [-0.15, -0.1) is 0 Å². The molecular weight excluding hydrogens is 287 g/mol. The molecule has 2 aromatic rings. The summed E-state index contributed by atoms with van der Waals surface area (Å²) in [5.74, 6) is 0. The Morgan fingerprint density at radius 1 is 1.36 bits per heavy atom. The molecule has 0 spiro atoms. The molecule has 2 rings (SSSR count). The lowest BCUT2D eigenvalue weighted by molar-refractivity contribution is 1.00. The molecule has 0 aliphatic heterocycles. The highest BCUT2D eigenvalue weighted by Crippen LogP contribution is 2.20. The van der Waals surface area contributed by atoms with Crippen LogP contribution < -0.4 is 5.73 Å². The number of aryl methyl sites for hydroxylation is 1. The van der Waals surface area contributed by atoms with E-state index < -0.39 is 0 Å². The summed E-state index contributed by atoms with van der Waals surface area (Å²) in [5, 5.41) is 1.22. The molecule has 2 nitrogen and oxygen atoms in total. The van der Waals surface area contributed by atoms with Gasteiger partial charge in [0.2, 0.25) is 0 Å². The first-order chi connectivity index (χ1) is 6.70. The number of halogens is 1. The largest absolute Gasteiger partial charge is 0.325 e. The molecule has 3 heteroatoms. The summed E-state index contributed by atoms with van der Waals surface area (Å²) < 4.78 is 1.24. The van der Waals surface area contributed by atoms with E-state index >= 15 is 0 Å². The van der Waals surface area contributed by atoms with Crippen molar-refractivity contribution in [2.24, 2.45) is 5.73 Å². The van der Waals surface area contributed by atoms with Crippen LogP contribution in [0.3, 0.4) is 0 Å². The Morgan fingerprint density at radius 2 is 2.14 bits per heavy atom. The zero-order chi connectivity index (χ0) is 10.1. The van der Waals surface area contributed by atoms with Crippen molar-refractivity contribution in [1.82, 2.24) is 4.98 Å². The van der Waals surface area contributed by atoms with E-state index in [0.717, 1.165) is 11.2 Å². The maximum absolute atomic E-state index is 5.58. The smallest absolute Gasteiger partial charge is 0.0709 e. The molecule has 14 heavy (non-hydrogen) atoms. The third-order valence-electron chi connectivity index (χ3n) is 2.24. The average molecular weight is 298 g/mol. The van der Waals surface area contributed by atoms with Gasteiger partial charge >= 0.3 is 0 Å². The molecule has 0 radical (unpaired) electrons. The Labute approximate surface area is 96.7 Å². The minimum Gasteiger partial charge on any atom is -0.325 e. The van der Waals surface area contributed by atoms with Crippen molar-refractivity contribution in [2.75, 3.05) is 0 Å². The minimum atomic E-state index is 0.503. The van der Waals surface area contributed by atoms with Gasteiger partial charge in [0, 0.05) is 15.5 Å². The maximum Gasteiger partial charge on any atom is 0.0709 e. The van der Waals surface area contributed by atoms with Crippen LogP contribution in [0.2, 0.25) is 0 Å². The second-order valence-corrected chi connectivity index (χ2v) is 4.54. The Balaban J connectivity index is 2.76. The van der Waals surface area contributed by atoms with Crippen LogP contribution >= 0.6 is 22.6 Å². The molecule has 0 unspecified atom stereocenters. The van der Waals surface area contributed by atoms with E-state index in [9.17, 15) is 0 Å². The van der Waals surface area contributed by atoms with Gasteiger partial charge in [-0.2, -0.15) is 0 Å². The van der Waals surface area contributed by atoms with Gasteiger partial charge in [-0.1, -0.05) is 0 Å². The molecule has 1 aromatic carbocycles. The molecule has 0 saturated heterocycles. The van der Waals surface area contributed by atoms with Crippen LogP contribution in [0, 0.1) is 10.5 Å². The molecular formula is C11H11IN2. The van der Waals surface area contributed by atoms with E-state index in [4.69, 9.17) is 5.73 Å². The molecule has 0 bridgehead atoms. The van der Waals surface area contributed by atoms with Crippen molar-refractivity contribution in [3.63, 3.8) is 0 Å².